The SMILES string of the molecule is C/C=C/C[C@@H](C)[C@@H](O)[C@H]1C(=O)N[C@@H](CC)C(=O)N(C)[C@H](CCCO)C(=O)N(C)[C@@H]([C@H](C)CS(C)(=O)=O)C(=O)NC(C(C)C)C(=O)N(C)[C@@H](CC(C)C)C(=O)N[C@@H](C)C(=O)N[C@H](C)C(=O)N(C)[C@@H](CC(C)C)C(=O)N(C)[C@@H](CC(C)C)C(=O)N(C)C(C(C)C)C(=O)N1C. The molecule has 528 valence electrons. The Kier molecular flexibility index (Phi) is 34.3. The number of amides is 11. The highest BCUT2D eigenvalue weighted by Gasteiger charge is 2.47. The highest BCUT2D eigenvalue weighted by molar-refractivity contribution is 7.90. The maximum Gasteiger partial charge on any atom is 0.246 e. The number of nitrogens with one attached hydrogen (secondary N) is 4. The summed E-state index contributed by atoms with van der Waals surface area (Å²) in [5.74, 6) is -13.0. The predicted molar refractivity (Wildman–Crippen MR) is 353 cm³/mol. The topological polar surface area (TPSA) is 333 Å². The number of hydrogen-bond acceptors (Lipinski definition) is 15. The Labute approximate surface area is 549 Å². The quantitative estimate of drug-likeness (QED) is 0.101. The number of likely N-dealkylation sites (N-methyl/N-ethyl adjacent to an activating group) is 7. The van der Waals surface area contributed by atoms with Gasteiger partial charge in [-0.05, 0) is 107 Å². The van der Waals surface area contributed by atoms with Crippen LogP contribution in [0.4, 0.5) is 0 Å². The lowest BCUT2D eigenvalue weighted by Gasteiger charge is -2.41. The van der Waals surface area contributed by atoms with Crippen molar-refractivity contribution in [3.63, 3.8) is 0 Å². The second-order valence-corrected chi connectivity index (χ2v) is 29.7. The van der Waals surface area contributed by atoms with Gasteiger partial charge in [-0.1, -0.05) is 102 Å². The van der Waals surface area contributed by atoms with Gasteiger partial charge in [0.05, 0.1) is 11.9 Å². The van der Waals surface area contributed by atoms with Gasteiger partial charge < -0.3 is 65.8 Å². The Bertz CT molecular complexity index is 2670. The molecule has 27 heteroatoms. The first-order chi connectivity index (χ1) is 42.4. The summed E-state index contributed by atoms with van der Waals surface area (Å²) in [5.41, 5.74) is 0. The van der Waals surface area contributed by atoms with Crippen LogP contribution in [0.5, 0.6) is 0 Å². The molecule has 0 saturated carbocycles. The molecular formula is C65H117N11O15S. The molecule has 0 bridgehead atoms. The normalized spacial score (nSPS) is 27.1. The minimum Gasteiger partial charge on any atom is -0.396 e. The molecule has 92 heavy (non-hydrogen) atoms. The second kappa shape index (κ2) is 37.6. The van der Waals surface area contributed by atoms with Crippen LogP contribution in [0, 0.1) is 41.4 Å². The van der Waals surface area contributed by atoms with E-state index >= 15 is 24.0 Å². The van der Waals surface area contributed by atoms with E-state index in [0.29, 0.717) is 0 Å². The molecule has 0 radical (unpaired) electrons. The maximum absolute atomic E-state index is 15.3. The molecule has 0 aliphatic carbocycles. The van der Waals surface area contributed by atoms with Gasteiger partial charge in [0.2, 0.25) is 65.0 Å². The highest BCUT2D eigenvalue weighted by Crippen LogP contribution is 2.27. The van der Waals surface area contributed by atoms with Crippen LogP contribution in [0.1, 0.15) is 156 Å². The van der Waals surface area contributed by atoms with E-state index in [2.05, 4.69) is 21.3 Å². The summed E-state index contributed by atoms with van der Waals surface area (Å²) in [7, 11) is 5.59. The maximum atomic E-state index is 15.3. The number of aliphatic hydroxyl groups is 2. The van der Waals surface area contributed by atoms with Crippen LogP contribution in [0.3, 0.4) is 0 Å². The Balaban J connectivity index is 4.57. The minimum absolute atomic E-state index is 0.0511. The first-order valence-electron chi connectivity index (χ1n) is 32.5. The van der Waals surface area contributed by atoms with Crippen molar-refractivity contribution in [2.75, 3.05) is 67.9 Å². The molecule has 1 rings (SSSR count). The van der Waals surface area contributed by atoms with Gasteiger partial charge in [0.15, 0.2) is 0 Å². The molecule has 2 unspecified atom stereocenters. The minimum atomic E-state index is -3.86. The lowest BCUT2D eigenvalue weighted by atomic mass is 9.91. The zero-order valence-corrected chi connectivity index (χ0v) is 60.5. The summed E-state index contributed by atoms with van der Waals surface area (Å²) in [6, 6.07) is -15.2. The third-order valence-corrected chi connectivity index (χ3v) is 18.5. The molecule has 1 saturated heterocycles. The van der Waals surface area contributed by atoms with Crippen LogP contribution in [-0.2, 0) is 62.6 Å². The summed E-state index contributed by atoms with van der Waals surface area (Å²) in [6.45, 7) is 26.5. The lowest BCUT2D eigenvalue weighted by Crippen LogP contribution is -2.64. The van der Waals surface area contributed by atoms with Gasteiger partial charge in [-0.2, -0.15) is 0 Å². The van der Waals surface area contributed by atoms with E-state index in [1.807, 2.05) is 41.5 Å². The fourth-order valence-corrected chi connectivity index (χ4v) is 13.0. The van der Waals surface area contributed by atoms with Gasteiger partial charge >= 0.3 is 0 Å². The molecule has 0 spiro atoms. The summed E-state index contributed by atoms with van der Waals surface area (Å²) in [6.07, 6.45) is 3.10. The molecule has 1 aliphatic rings. The van der Waals surface area contributed by atoms with Gasteiger partial charge in [0.1, 0.15) is 76.3 Å². The van der Waals surface area contributed by atoms with E-state index in [9.17, 15) is 47.4 Å². The molecule has 1 fully saturated rings. The van der Waals surface area contributed by atoms with Crippen LogP contribution < -0.4 is 21.3 Å². The monoisotopic (exact) mass is 1320 g/mol. The van der Waals surface area contributed by atoms with Crippen LogP contribution in [-0.4, -0.2) is 258 Å². The predicted octanol–water partition coefficient (Wildman–Crippen LogP) is 2.04. The molecule has 11 amide bonds. The van der Waals surface area contributed by atoms with Crippen molar-refractivity contribution >= 4 is 74.8 Å². The Morgan fingerprint density at radius 1 is 0.489 bits per heavy atom. The third kappa shape index (κ3) is 23.4. The Morgan fingerprint density at radius 2 is 0.913 bits per heavy atom. The number of aliphatic hydroxyl groups excluding tert-OH is 2. The number of hydrogen-bond donors (Lipinski definition) is 6. The van der Waals surface area contributed by atoms with E-state index in [-0.39, 0.29) is 62.7 Å². The van der Waals surface area contributed by atoms with Crippen LogP contribution in [0.2, 0.25) is 0 Å². The van der Waals surface area contributed by atoms with Gasteiger partial charge in [-0.3, -0.25) is 52.7 Å². The fraction of sp³-hybridized carbons (Fsp3) is 0.800. The molecule has 1 heterocycles. The van der Waals surface area contributed by atoms with E-state index in [4.69, 9.17) is 0 Å². The van der Waals surface area contributed by atoms with Crippen LogP contribution in [0.25, 0.3) is 0 Å². The molecule has 6 N–H and O–H groups in total. The average Bonchev–Trinajstić information content (AvgIpc) is 0.821. The molecule has 1 aliphatic heterocycles. The number of sulfone groups is 1. The second-order valence-electron chi connectivity index (χ2n) is 27.5. The lowest BCUT2D eigenvalue weighted by molar-refractivity contribution is -0.157. The largest absolute Gasteiger partial charge is 0.396 e. The standard InChI is InChI=1S/C65H117N11O15S/c1-25-27-29-41(13)54(78)53-58(82)68-45(26-2)60(84)70(17)46(30-28-31-77)61(85)75(22)52(42(14)35-92(24,90)91)57(81)69-50(39(9)10)64(88)71(18)47(32-36(3)4)56(80)66-43(15)55(79)67-44(16)59(83)72(19)48(33-37(5)6)62(86)73(20)49(34-38(7)8)63(87)74(21)51(40(11)12)65(89)76(53)23/h25,27,36-54,77-78H,26,28-35H2,1-24H3,(H,66,80)(H,67,79)(H,68,82)(H,69,81)/b27-25+/t41-,42-,43+,44-,45+,46-,47+,48+,49+,50?,51?,52+,53+,54-/m1/s1. The van der Waals surface area contributed by atoms with Crippen molar-refractivity contribution in [3.05, 3.63) is 12.2 Å². The van der Waals surface area contributed by atoms with Crippen molar-refractivity contribution in [3.8, 4) is 0 Å². The van der Waals surface area contributed by atoms with Crippen molar-refractivity contribution in [1.29, 1.82) is 0 Å². The molecule has 14 atom stereocenters. The first kappa shape index (κ1) is 83.8. The number of allylic oxidation sites excluding steroid dienone is 2. The Hall–Kier alpha value is -6.22. The highest BCUT2D eigenvalue weighted by atomic mass is 32.2. The van der Waals surface area contributed by atoms with Crippen molar-refractivity contribution in [2.24, 2.45) is 41.4 Å². The summed E-state index contributed by atoms with van der Waals surface area (Å²) in [4.78, 5) is 171. The van der Waals surface area contributed by atoms with E-state index in [1.54, 1.807) is 60.6 Å². The average molecular weight is 1320 g/mol. The molecule has 0 aromatic carbocycles. The molecular weight excluding hydrogens is 1210 g/mol. The number of nitrogens with zero attached hydrogens (tertiary/aromatic N) is 7. The van der Waals surface area contributed by atoms with Gasteiger partial charge in [0.25, 0.3) is 0 Å². The summed E-state index contributed by atoms with van der Waals surface area (Å²) >= 11 is 0. The fourth-order valence-electron chi connectivity index (χ4n) is 11.9. The number of carbonyl (C=O) groups is 11. The number of rotatable bonds is 19. The van der Waals surface area contributed by atoms with E-state index < -0.39 is 183 Å². The van der Waals surface area contributed by atoms with E-state index in [1.165, 1.54) is 84.8 Å². The summed E-state index contributed by atoms with van der Waals surface area (Å²) in [5, 5.41) is 33.1. The third-order valence-electron chi connectivity index (χ3n) is 17.3. The van der Waals surface area contributed by atoms with E-state index in [0.717, 1.165) is 25.9 Å². The van der Waals surface area contributed by atoms with Crippen LogP contribution >= 0.6 is 0 Å². The van der Waals surface area contributed by atoms with Gasteiger partial charge in [-0.15, -0.1) is 0 Å². The molecule has 26 nitrogen and oxygen atoms in total. The van der Waals surface area contributed by atoms with Gasteiger partial charge in [0, 0.05) is 62.2 Å². The zero-order valence-electron chi connectivity index (χ0n) is 59.7. The molecule has 0 aromatic rings. The smallest absolute Gasteiger partial charge is 0.246 e. The first-order valence-corrected chi connectivity index (χ1v) is 34.6. The van der Waals surface area contributed by atoms with Crippen molar-refractivity contribution in [1.82, 2.24) is 55.6 Å². The molecule has 0 aromatic heterocycles. The van der Waals surface area contributed by atoms with Crippen molar-refractivity contribution in [2.45, 2.75) is 228 Å². The van der Waals surface area contributed by atoms with Crippen molar-refractivity contribution < 1.29 is 71.4 Å². The van der Waals surface area contributed by atoms with Crippen LogP contribution in [0.15, 0.2) is 12.2 Å². The van der Waals surface area contributed by atoms with Gasteiger partial charge in [-0.25, -0.2) is 8.42 Å². The number of carbonyl (C=O) groups excluding carboxylic acids is 11. The Morgan fingerprint density at radius 3 is 1.37 bits per heavy atom. The zero-order chi connectivity index (χ0) is 71.5. The summed E-state index contributed by atoms with van der Waals surface area (Å²) < 4.78 is 25.9.